The van der Waals surface area contributed by atoms with E-state index in [4.69, 9.17) is 0 Å². The molecule has 1 N–H and O–H groups in total. The lowest BCUT2D eigenvalue weighted by atomic mass is 10.1. The molecule has 0 aromatic rings. The number of hydrogen-bond donors (Lipinski definition) is 1. The van der Waals surface area contributed by atoms with Gasteiger partial charge in [0.15, 0.2) is 0 Å². The zero-order valence-corrected chi connectivity index (χ0v) is 7.61. The molecule has 0 aliphatic carbocycles. The van der Waals surface area contributed by atoms with Crippen LogP contribution >= 0.6 is 0 Å². The van der Waals surface area contributed by atoms with Crippen LogP contribution in [-0.4, -0.2) is 33.3 Å². The highest BCUT2D eigenvalue weighted by atomic mass is 32.2. The Morgan fingerprint density at radius 3 is 2.92 bits per heavy atom. The highest BCUT2D eigenvalue weighted by Crippen LogP contribution is 2.14. The maximum absolute atomic E-state index is 12.6. The fourth-order valence-corrected chi connectivity index (χ4v) is 1.84. The van der Waals surface area contributed by atoms with Gasteiger partial charge in [-0.05, 0) is 19.3 Å². The van der Waals surface area contributed by atoms with E-state index in [0.29, 0.717) is 19.4 Å². The van der Waals surface area contributed by atoms with Crippen molar-refractivity contribution in [2.45, 2.75) is 31.5 Å². The Morgan fingerprint density at radius 2 is 2.42 bits per heavy atom. The fraction of sp³-hybridized carbons (Fsp3) is 1.00. The van der Waals surface area contributed by atoms with Gasteiger partial charge < -0.3 is 9.87 Å². The van der Waals surface area contributed by atoms with E-state index in [0.717, 1.165) is 6.42 Å². The van der Waals surface area contributed by atoms with Gasteiger partial charge in [0.05, 0.1) is 0 Å². The van der Waals surface area contributed by atoms with Gasteiger partial charge in [0.2, 0.25) is 0 Å². The first kappa shape index (κ1) is 10.1. The van der Waals surface area contributed by atoms with Crippen molar-refractivity contribution in [2.75, 3.05) is 12.3 Å². The SMILES string of the molecule is O=S([O-])CCCC1CC(F)CN1. The van der Waals surface area contributed by atoms with E-state index >= 15 is 0 Å². The predicted octanol–water partition coefficient (Wildman–Crippen LogP) is 0.346. The molecule has 0 radical (unpaired) electrons. The zero-order chi connectivity index (χ0) is 8.97. The molecule has 0 saturated carbocycles. The van der Waals surface area contributed by atoms with Crippen LogP contribution in [0.25, 0.3) is 0 Å². The lowest BCUT2D eigenvalue weighted by Crippen LogP contribution is -2.21. The summed E-state index contributed by atoms with van der Waals surface area (Å²) in [5.41, 5.74) is 0. The second-order valence-corrected chi connectivity index (χ2v) is 4.10. The summed E-state index contributed by atoms with van der Waals surface area (Å²) in [6.45, 7) is 0.422. The molecule has 3 unspecified atom stereocenters. The Hall–Kier alpha value is -0.0000000000000000486. The number of rotatable bonds is 4. The standard InChI is InChI=1S/C7H14FNO2S/c8-6-4-7(9-5-6)2-1-3-12(10)11/h6-7,9H,1-5H2,(H,10,11)/p-1. The van der Waals surface area contributed by atoms with Gasteiger partial charge in [0.1, 0.15) is 6.17 Å². The van der Waals surface area contributed by atoms with E-state index in [-0.39, 0.29) is 11.8 Å². The minimum Gasteiger partial charge on any atom is -0.772 e. The number of nitrogens with one attached hydrogen (secondary N) is 1. The molecule has 0 bridgehead atoms. The van der Waals surface area contributed by atoms with Crippen LogP contribution in [0.5, 0.6) is 0 Å². The van der Waals surface area contributed by atoms with Crippen molar-refractivity contribution in [3.8, 4) is 0 Å². The topological polar surface area (TPSA) is 52.2 Å². The van der Waals surface area contributed by atoms with Crippen molar-refractivity contribution in [1.29, 1.82) is 0 Å². The van der Waals surface area contributed by atoms with E-state index in [9.17, 15) is 13.2 Å². The molecule has 12 heavy (non-hydrogen) atoms. The molecule has 0 aromatic carbocycles. The van der Waals surface area contributed by atoms with Crippen LogP contribution in [0.4, 0.5) is 4.39 Å². The van der Waals surface area contributed by atoms with Crippen LogP contribution in [0.2, 0.25) is 0 Å². The maximum atomic E-state index is 12.6. The second kappa shape index (κ2) is 4.89. The smallest absolute Gasteiger partial charge is 0.114 e. The highest BCUT2D eigenvalue weighted by molar-refractivity contribution is 7.79. The third-order valence-corrected chi connectivity index (χ3v) is 2.65. The molecular formula is C7H13FNO2S-. The second-order valence-electron chi connectivity index (χ2n) is 3.09. The third kappa shape index (κ3) is 3.60. The first-order chi connectivity index (χ1) is 5.68. The van der Waals surface area contributed by atoms with Crippen molar-refractivity contribution in [3.05, 3.63) is 0 Å². The van der Waals surface area contributed by atoms with Crippen LogP contribution < -0.4 is 5.32 Å². The summed E-state index contributed by atoms with van der Waals surface area (Å²) >= 11 is -1.95. The average Bonchev–Trinajstić information content (AvgIpc) is 2.35. The summed E-state index contributed by atoms with van der Waals surface area (Å²) in [5, 5.41) is 3.00. The van der Waals surface area contributed by atoms with Crippen molar-refractivity contribution >= 4 is 11.1 Å². The minimum atomic E-state index is -1.95. The molecule has 5 heteroatoms. The Kier molecular flexibility index (Phi) is 4.11. The molecule has 0 amide bonds. The summed E-state index contributed by atoms with van der Waals surface area (Å²) in [7, 11) is 0. The van der Waals surface area contributed by atoms with Gasteiger partial charge in [-0.3, -0.25) is 4.21 Å². The quantitative estimate of drug-likeness (QED) is 0.657. The van der Waals surface area contributed by atoms with Crippen LogP contribution in [0.15, 0.2) is 0 Å². The van der Waals surface area contributed by atoms with Crippen LogP contribution in [0, 0.1) is 0 Å². The summed E-state index contributed by atoms with van der Waals surface area (Å²) in [6, 6.07) is 0.184. The number of alkyl halides is 1. The average molecular weight is 194 g/mol. The Morgan fingerprint density at radius 1 is 1.67 bits per heavy atom. The van der Waals surface area contributed by atoms with Crippen LogP contribution in [0.3, 0.4) is 0 Å². The van der Waals surface area contributed by atoms with E-state index in [2.05, 4.69) is 5.32 Å². The largest absolute Gasteiger partial charge is 0.772 e. The molecule has 72 valence electrons. The van der Waals surface area contributed by atoms with Gasteiger partial charge in [-0.2, -0.15) is 0 Å². The van der Waals surface area contributed by atoms with Gasteiger partial charge in [0.25, 0.3) is 0 Å². The zero-order valence-electron chi connectivity index (χ0n) is 6.79. The molecule has 1 rings (SSSR count). The van der Waals surface area contributed by atoms with Gasteiger partial charge in [-0.25, -0.2) is 4.39 Å². The van der Waals surface area contributed by atoms with Gasteiger partial charge in [-0.15, -0.1) is 0 Å². The summed E-state index contributed by atoms with van der Waals surface area (Å²) < 4.78 is 32.9. The Labute approximate surface area is 74.0 Å². The lowest BCUT2D eigenvalue weighted by Gasteiger charge is -2.09. The molecular weight excluding hydrogens is 181 g/mol. The first-order valence-corrected chi connectivity index (χ1v) is 5.36. The van der Waals surface area contributed by atoms with Gasteiger partial charge in [0, 0.05) is 18.3 Å². The van der Waals surface area contributed by atoms with Crippen LogP contribution in [0.1, 0.15) is 19.3 Å². The molecule has 1 aliphatic heterocycles. The number of halogens is 1. The normalized spacial score (nSPS) is 32.2. The maximum Gasteiger partial charge on any atom is 0.114 e. The van der Waals surface area contributed by atoms with E-state index in [1.54, 1.807) is 0 Å². The minimum absolute atomic E-state index is 0.184. The van der Waals surface area contributed by atoms with Gasteiger partial charge >= 0.3 is 0 Å². The lowest BCUT2D eigenvalue weighted by molar-refractivity contribution is 0.353. The van der Waals surface area contributed by atoms with Gasteiger partial charge in [-0.1, -0.05) is 11.1 Å². The van der Waals surface area contributed by atoms with Crippen molar-refractivity contribution < 1.29 is 13.2 Å². The van der Waals surface area contributed by atoms with Crippen molar-refractivity contribution in [1.82, 2.24) is 5.32 Å². The summed E-state index contributed by atoms with van der Waals surface area (Å²) in [5.74, 6) is 0.190. The molecule has 1 heterocycles. The molecule has 3 atom stereocenters. The molecule has 0 aromatic heterocycles. The fourth-order valence-electron chi connectivity index (χ4n) is 1.44. The molecule has 1 fully saturated rings. The van der Waals surface area contributed by atoms with E-state index in [1.165, 1.54) is 0 Å². The van der Waals surface area contributed by atoms with E-state index in [1.807, 2.05) is 0 Å². The molecule has 1 saturated heterocycles. The Bertz CT molecular complexity index is 167. The van der Waals surface area contributed by atoms with Crippen LogP contribution in [-0.2, 0) is 11.1 Å². The summed E-state index contributed by atoms with van der Waals surface area (Å²) in [6.07, 6.45) is 1.17. The highest BCUT2D eigenvalue weighted by Gasteiger charge is 2.22. The first-order valence-electron chi connectivity index (χ1n) is 4.12. The molecule has 3 nitrogen and oxygen atoms in total. The van der Waals surface area contributed by atoms with Crippen molar-refractivity contribution in [2.24, 2.45) is 0 Å². The predicted molar refractivity (Wildman–Crippen MR) is 44.3 cm³/mol. The van der Waals surface area contributed by atoms with E-state index < -0.39 is 17.3 Å². The monoisotopic (exact) mass is 194 g/mol. The third-order valence-electron chi connectivity index (χ3n) is 2.03. The molecule has 0 spiro atoms. The number of hydrogen-bond acceptors (Lipinski definition) is 3. The summed E-state index contributed by atoms with van der Waals surface area (Å²) in [4.78, 5) is 0. The van der Waals surface area contributed by atoms with Crippen molar-refractivity contribution in [3.63, 3.8) is 0 Å². The Balaban J connectivity index is 2.04. The molecule has 1 aliphatic rings.